The summed E-state index contributed by atoms with van der Waals surface area (Å²) in [5.74, 6) is 0.548. The molecule has 2 N–H and O–H groups in total. The molecular weight excluding hydrogens is 138 g/mol. The van der Waals surface area contributed by atoms with E-state index in [1.165, 1.54) is 0 Å². The summed E-state index contributed by atoms with van der Waals surface area (Å²) < 4.78 is 0. The van der Waals surface area contributed by atoms with Crippen molar-refractivity contribution >= 4 is 18.2 Å². The van der Waals surface area contributed by atoms with Gasteiger partial charge in [-0.15, -0.1) is 12.4 Å². The monoisotopic (exact) mass is 147 g/mol. The zero-order valence-corrected chi connectivity index (χ0v) is 6.11. The van der Waals surface area contributed by atoms with Gasteiger partial charge in [0, 0.05) is 6.42 Å². The van der Waals surface area contributed by atoms with Gasteiger partial charge in [0.2, 0.25) is 0 Å². The number of aliphatic imine (C=N–C) groups is 1. The Morgan fingerprint density at radius 3 is 2.67 bits per heavy atom. The van der Waals surface area contributed by atoms with E-state index in [9.17, 15) is 0 Å². The molecule has 0 aliphatic carbocycles. The highest BCUT2D eigenvalue weighted by molar-refractivity contribution is 5.85. The van der Waals surface area contributed by atoms with E-state index in [-0.39, 0.29) is 19.0 Å². The van der Waals surface area contributed by atoms with Crippen LogP contribution in [0.3, 0.4) is 0 Å². The summed E-state index contributed by atoms with van der Waals surface area (Å²) in [5.41, 5.74) is 5.26. The lowest BCUT2D eigenvalue weighted by Gasteiger charge is -1.87. The van der Waals surface area contributed by atoms with Crippen LogP contribution in [0, 0.1) is 11.3 Å². The van der Waals surface area contributed by atoms with Gasteiger partial charge in [-0.1, -0.05) is 6.92 Å². The van der Waals surface area contributed by atoms with Gasteiger partial charge in [-0.25, -0.2) is 0 Å². The Bertz CT molecular complexity index is 125. The van der Waals surface area contributed by atoms with Crippen LogP contribution in [-0.2, 0) is 0 Å². The van der Waals surface area contributed by atoms with Gasteiger partial charge in [-0.2, -0.15) is 5.26 Å². The number of hydrogen-bond acceptors (Lipinski definition) is 2. The molecule has 0 spiro atoms. The van der Waals surface area contributed by atoms with E-state index in [2.05, 4.69) is 4.99 Å². The summed E-state index contributed by atoms with van der Waals surface area (Å²) in [6, 6.07) is 1.87. The van der Waals surface area contributed by atoms with Gasteiger partial charge >= 0.3 is 0 Å². The van der Waals surface area contributed by atoms with Crippen molar-refractivity contribution in [3.63, 3.8) is 0 Å². The molecule has 9 heavy (non-hydrogen) atoms. The second-order valence-corrected chi connectivity index (χ2v) is 1.32. The molecule has 0 aromatic carbocycles. The van der Waals surface area contributed by atoms with E-state index in [0.717, 1.165) is 6.42 Å². The first kappa shape index (κ1) is 11.1. The van der Waals surface area contributed by atoms with E-state index in [0.29, 0.717) is 5.84 Å². The Morgan fingerprint density at radius 2 is 2.33 bits per heavy atom. The lowest BCUT2D eigenvalue weighted by atomic mass is 10.4. The van der Waals surface area contributed by atoms with Crippen LogP contribution in [0.1, 0.15) is 13.3 Å². The Balaban J connectivity index is 0. The maximum Gasteiger partial charge on any atom is 0.128 e. The molecule has 0 aromatic rings. The summed E-state index contributed by atoms with van der Waals surface area (Å²) in [5, 5.41) is 8.00. The maximum atomic E-state index is 8.00. The van der Waals surface area contributed by atoms with Crippen molar-refractivity contribution in [3.05, 3.63) is 0 Å². The molecule has 0 bridgehead atoms. The Hall–Kier alpha value is -0.750. The van der Waals surface area contributed by atoms with E-state index in [1.807, 2.05) is 13.0 Å². The largest absolute Gasteiger partial charge is 0.387 e. The standard InChI is InChI=1S/C5H9N3.ClH/c1-2-5(7)8-4-3-6;/h2,4H2,1H3,(H2,7,8);1H. The molecule has 0 aliphatic rings. The molecule has 0 heterocycles. The highest BCUT2D eigenvalue weighted by atomic mass is 35.5. The third-order valence-corrected chi connectivity index (χ3v) is 0.715. The number of rotatable bonds is 2. The van der Waals surface area contributed by atoms with Crippen LogP contribution in [0.25, 0.3) is 0 Å². The van der Waals surface area contributed by atoms with Crippen molar-refractivity contribution in [2.75, 3.05) is 6.54 Å². The molecule has 52 valence electrons. The quantitative estimate of drug-likeness (QED) is 0.355. The summed E-state index contributed by atoms with van der Waals surface area (Å²) in [6.07, 6.45) is 0.724. The van der Waals surface area contributed by atoms with Crippen molar-refractivity contribution in [3.8, 4) is 6.07 Å². The lowest BCUT2D eigenvalue weighted by Crippen LogP contribution is -2.09. The molecule has 0 saturated heterocycles. The normalized spacial score (nSPS) is 9.56. The summed E-state index contributed by atoms with van der Waals surface area (Å²) in [6.45, 7) is 2.08. The molecule has 4 heteroatoms. The van der Waals surface area contributed by atoms with E-state index >= 15 is 0 Å². The molecule has 0 aliphatic heterocycles. The molecule has 0 atom stereocenters. The van der Waals surface area contributed by atoms with Crippen molar-refractivity contribution in [1.29, 1.82) is 5.26 Å². The van der Waals surface area contributed by atoms with Crippen molar-refractivity contribution < 1.29 is 0 Å². The van der Waals surface area contributed by atoms with Gasteiger partial charge in [0.1, 0.15) is 6.54 Å². The fourth-order valence-electron chi connectivity index (χ4n) is 0.249. The summed E-state index contributed by atoms with van der Waals surface area (Å²) in [4.78, 5) is 3.69. The van der Waals surface area contributed by atoms with Crippen molar-refractivity contribution in [2.24, 2.45) is 10.7 Å². The third kappa shape index (κ3) is 7.25. The number of nitrogens with zero attached hydrogens (tertiary/aromatic N) is 2. The first-order valence-corrected chi connectivity index (χ1v) is 2.47. The van der Waals surface area contributed by atoms with Crippen LogP contribution in [0.2, 0.25) is 0 Å². The smallest absolute Gasteiger partial charge is 0.128 e. The molecule has 0 aromatic heterocycles. The zero-order valence-electron chi connectivity index (χ0n) is 5.29. The second kappa shape index (κ2) is 7.25. The topological polar surface area (TPSA) is 62.2 Å². The van der Waals surface area contributed by atoms with Crippen LogP contribution >= 0.6 is 12.4 Å². The van der Waals surface area contributed by atoms with Gasteiger partial charge in [0.05, 0.1) is 11.9 Å². The average Bonchev–Trinajstić information content (AvgIpc) is 1.83. The average molecular weight is 148 g/mol. The minimum absolute atomic E-state index is 0. The summed E-state index contributed by atoms with van der Waals surface area (Å²) >= 11 is 0. The number of amidine groups is 1. The van der Waals surface area contributed by atoms with Crippen LogP contribution in [-0.4, -0.2) is 12.4 Å². The van der Waals surface area contributed by atoms with E-state index in [1.54, 1.807) is 0 Å². The Labute approximate surface area is 61.0 Å². The number of nitriles is 1. The minimum Gasteiger partial charge on any atom is -0.387 e. The molecule has 0 fully saturated rings. The molecular formula is C5H10ClN3. The van der Waals surface area contributed by atoms with E-state index < -0.39 is 0 Å². The SMILES string of the molecule is CCC(N)=NCC#N.Cl. The number of hydrogen-bond donors (Lipinski definition) is 1. The Kier molecular flexibility index (Phi) is 8.94. The van der Waals surface area contributed by atoms with Gasteiger partial charge in [0.15, 0.2) is 0 Å². The molecule has 0 radical (unpaired) electrons. The van der Waals surface area contributed by atoms with Crippen LogP contribution in [0.15, 0.2) is 4.99 Å². The third-order valence-electron chi connectivity index (χ3n) is 0.715. The number of nitrogens with two attached hydrogens (primary N) is 1. The highest BCUT2D eigenvalue weighted by Gasteiger charge is 1.81. The van der Waals surface area contributed by atoms with Gasteiger partial charge in [-0.3, -0.25) is 4.99 Å². The second-order valence-electron chi connectivity index (χ2n) is 1.32. The van der Waals surface area contributed by atoms with Gasteiger partial charge in [0.25, 0.3) is 0 Å². The summed E-state index contributed by atoms with van der Waals surface area (Å²) in [7, 11) is 0. The molecule has 0 unspecified atom stereocenters. The molecule has 3 nitrogen and oxygen atoms in total. The molecule has 0 rings (SSSR count). The Morgan fingerprint density at radius 1 is 1.78 bits per heavy atom. The fraction of sp³-hybridized carbons (Fsp3) is 0.600. The zero-order chi connectivity index (χ0) is 6.41. The predicted molar refractivity (Wildman–Crippen MR) is 39.6 cm³/mol. The van der Waals surface area contributed by atoms with Crippen molar-refractivity contribution in [1.82, 2.24) is 0 Å². The van der Waals surface area contributed by atoms with E-state index in [4.69, 9.17) is 11.0 Å². The lowest BCUT2D eigenvalue weighted by molar-refractivity contribution is 1.16. The van der Waals surface area contributed by atoms with Gasteiger partial charge in [-0.05, 0) is 0 Å². The maximum absolute atomic E-state index is 8.00. The van der Waals surface area contributed by atoms with Crippen LogP contribution in [0.5, 0.6) is 0 Å². The first-order chi connectivity index (χ1) is 3.81. The van der Waals surface area contributed by atoms with Crippen molar-refractivity contribution in [2.45, 2.75) is 13.3 Å². The molecule has 0 amide bonds. The highest BCUT2D eigenvalue weighted by Crippen LogP contribution is 1.75. The molecule has 0 saturated carbocycles. The first-order valence-electron chi connectivity index (χ1n) is 2.47. The predicted octanol–water partition coefficient (Wildman–Crippen LogP) is 0.699. The van der Waals surface area contributed by atoms with Gasteiger partial charge < -0.3 is 5.73 Å². The minimum atomic E-state index is 0. The van der Waals surface area contributed by atoms with Crippen LogP contribution < -0.4 is 5.73 Å². The fourth-order valence-corrected chi connectivity index (χ4v) is 0.249. The number of halogens is 1. The van der Waals surface area contributed by atoms with Crippen LogP contribution in [0.4, 0.5) is 0 Å².